The third-order valence-corrected chi connectivity index (χ3v) is 4.22. The number of hydrogen-bond acceptors (Lipinski definition) is 3. The van der Waals surface area contributed by atoms with Crippen LogP contribution >= 0.6 is 0 Å². The van der Waals surface area contributed by atoms with Crippen LogP contribution in [0.2, 0.25) is 0 Å². The average molecular weight is 322 g/mol. The standard InChI is InChI=1S/C20H22N2O2/c1-21(2)10-11-22-19-9-8-18(24-3)12-17(19)13-20(22)16-6-4-15(14-23)5-7-16/h4-9,12-14H,10-11H2,1-3H3. The van der Waals surface area contributed by atoms with Gasteiger partial charge in [0.05, 0.1) is 7.11 Å². The number of carbonyl (C=O) groups excluding carboxylic acids is 1. The van der Waals surface area contributed by atoms with Crippen LogP contribution in [0, 0.1) is 0 Å². The van der Waals surface area contributed by atoms with E-state index < -0.39 is 0 Å². The molecule has 0 N–H and O–H groups in total. The van der Waals surface area contributed by atoms with Gasteiger partial charge in [0.25, 0.3) is 0 Å². The second-order valence-corrected chi connectivity index (χ2v) is 6.15. The van der Waals surface area contributed by atoms with Crippen molar-refractivity contribution < 1.29 is 9.53 Å². The van der Waals surface area contributed by atoms with Gasteiger partial charge in [0, 0.05) is 35.2 Å². The van der Waals surface area contributed by atoms with Gasteiger partial charge in [0.15, 0.2) is 0 Å². The van der Waals surface area contributed by atoms with Crippen LogP contribution in [0.1, 0.15) is 10.4 Å². The fraction of sp³-hybridized carbons (Fsp3) is 0.250. The molecule has 0 fully saturated rings. The zero-order valence-corrected chi connectivity index (χ0v) is 14.3. The summed E-state index contributed by atoms with van der Waals surface area (Å²) in [5.74, 6) is 0.857. The molecule has 0 spiro atoms. The van der Waals surface area contributed by atoms with E-state index in [2.05, 4.69) is 41.8 Å². The van der Waals surface area contributed by atoms with Crippen molar-refractivity contribution in [2.75, 3.05) is 27.7 Å². The quantitative estimate of drug-likeness (QED) is 0.649. The number of aldehydes is 1. The smallest absolute Gasteiger partial charge is 0.150 e. The van der Waals surface area contributed by atoms with Gasteiger partial charge in [-0.05, 0) is 43.9 Å². The molecule has 0 unspecified atom stereocenters. The second-order valence-electron chi connectivity index (χ2n) is 6.15. The van der Waals surface area contributed by atoms with Crippen molar-refractivity contribution in [2.24, 2.45) is 0 Å². The Morgan fingerprint density at radius 2 is 1.83 bits per heavy atom. The van der Waals surface area contributed by atoms with Gasteiger partial charge in [0.1, 0.15) is 12.0 Å². The molecule has 0 amide bonds. The van der Waals surface area contributed by atoms with Crippen molar-refractivity contribution in [3.8, 4) is 17.0 Å². The van der Waals surface area contributed by atoms with E-state index in [4.69, 9.17) is 4.74 Å². The third kappa shape index (κ3) is 3.19. The summed E-state index contributed by atoms with van der Waals surface area (Å²) >= 11 is 0. The van der Waals surface area contributed by atoms with E-state index in [0.29, 0.717) is 5.56 Å². The molecule has 0 bridgehead atoms. The molecule has 1 aromatic heterocycles. The van der Waals surface area contributed by atoms with E-state index in [1.165, 1.54) is 5.52 Å². The van der Waals surface area contributed by atoms with E-state index in [1.54, 1.807) is 7.11 Å². The summed E-state index contributed by atoms with van der Waals surface area (Å²) in [6, 6.07) is 16.1. The maximum absolute atomic E-state index is 10.9. The molecule has 1 heterocycles. The lowest BCUT2D eigenvalue weighted by Gasteiger charge is -2.15. The van der Waals surface area contributed by atoms with Gasteiger partial charge in [-0.3, -0.25) is 4.79 Å². The van der Waals surface area contributed by atoms with Crippen molar-refractivity contribution in [1.29, 1.82) is 0 Å². The van der Waals surface area contributed by atoms with Gasteiger partial charge >= 0.3 is 0 Å². The van der Waals surface area contributed by atoms with Gasteiger partial charge in [0.2, 0.25) is 0 Å². The fourth-order valence-electron chi connectivity index (χ4n) is 2.89. The van der Waals surface area contributed by atoms with E-state index >= 15 is 0 Å². The molecule has 24 heavy (non-hydrogen) atoms. The summed E-state index contributed by atoms with van der Waals surface area (Å²) in [6.45, 7) is 1.85. The SMILES string of the molecule is COc1ccc2c(c1)cc(-c1ccc(C=O)cc1)n2CCN(C)C. The number of aromatic nitrogens is 1. The number of fused-ring (bicyclic) bond motifs is 1. The van der Waals surface area contributed by atoms with Crippen LogP contribution in [-0.2, 0) is 6.54 Å². The molecule has 0 radical (unpaired) electrons. The zero-order chi connectivity index (χ0) is 17.1. The maximum Gasteiger partial charge on any atom is 0.150 e. The maximum atomic E-state index is 10.9. The van der Waals surface area contributed by atoms with E-state index in [9.17, 15) is 4.79 Å². The van der Waals surface area contributed by atoms with Crippen molar-refractivity contribution in [3.63, 3.8) is 0 Å². The van der Waals surface area contributed by atoms with Gasteiger partial charge < -0.3 is 14.2 Å². The molecule has 0 aliphatic rings. The monoisotopic (exact) mass is 322 g/mol. The molecule has 3 rings (SSSR count). The third-order valence-electron chi connectivity index (χ3n) is 4.22. The molecule has 124 valence electrons. The van der Waals surface area contributed by atoms with Crippen molar-refractivity contribution in [3.05, 3.63) is 54.1 Å². The highest BCUT2D eigenvalue weighted by Crippen LogP contribution is 2.30. The Balaban J connectivity index is 2.12. The molecule has 3 aromatic rings. The number of carbonyl (C=O) groups is 1. The number of methoxy groups -OCH3 is 1. The molecule has 0 saturated heterocycles. The van der Waals surface area contributed by atoms with Gasteiger partial charge in [-0.1, -0.05) is 24.3 Å². The summed E-state index contributed by atoms with van der Waals surface area (Å²) < 4.78 is 7.67. The number of nitrogens with zero attached hydrogens (tertiary/aromatic N) is 2. The first-order valence-corrected chi connectivity index (χ1v) is 8.00. The molecule has 0 aliphatic heterocycles. The van der Waals surface area contributed by atoms with Crippen molar-refractivity contribution in [2.45, 2.75) is 6.54 Å². The lowest BCUT2D eigenvalue weighted by Crippen LogP contribution is -2.18. The van der Waals surface area contributed by atoms with E-state index in [1.807, 2.05) is 30.3 Å². The molecular weight excluding hydrogens is 300 g/mol. The van der Waals surface area contributed by atoms with Crippen LogP contribution in [0.4, 0.5) is 0 Å². The van der Waals surface area contributed by atoms with Crippen LogP contribution in [0.15, 0.2) is 48.5 Å². The summed E-state index contributed by atoms with van der Waals surface area (Å²) in [4.78, 5) is 13.1. The predicted octanol–water partition coefficient (Wildman–Crippen LogP) is 3.69. The Morgan fingerprint density at radius 1 is 1.08 bits per heavy atom. The van der Waals surface area contributed by atoms with Crippen molar-refractivity contribution >= 4 is 17.2 Å². The van der Waals surface area contributed by atoms with Crippen LogP contribution in [0.3, 0.4) is 0 Å². The predicted molar refractivity (Wildman–Crippen MR) is 97.9 cm³/mol. The highest BCUT2D eigenvalue weighted by atomic mass is 16.5. The minimum absolute atomic E-state index is 0.691. The fourth-order valence-corrected chi connectivity index (χ4v) is 2.89. The molecule has 0 atom stereocenters. The summed E-state index contributed by atoms with van der Waals surface area (Å²) in [5.41, 5.74) is 4.13. The van der Waals surface area contributed by atoms with E-state index in [0.717, 1.165) is 41.8 Å². The number of hydrogen-bond donors (Lipinski definition) is 0. The minimum Gasteiger partial charge on any atom is -0.497 e. The number of rotatable bonds is 6. The first-order chi connectivity index (χ1) is 11.6. The lowest BCUT2D eigenvalue weighted by atomic mass is 10.1. The Kier molecular flexibility index (Phi) is 4.67. The van der Waals surface area contributed by atoms with Crippen LogP contribution in [0.5, 0.6) is 5.75 Å². The molecule has 4 heteroatoms. The Labute approximate surface area is 142 Å². The number of likely N-dealkylation sites (N-methyl/N-ethyl adjacent to an activating group) is 1. The summed E-state index contributed by atoms with van der Waals surface area (Å²) in [6.07, 6.45) is 0.871. The molecule has 2 aromatic carbocycles. The van der Waals surface area contributed by atoms with Gasteiger partial charge in [-0.25, -0.2) is 0 Å². The summed E-state index contributed by atoms with van der Waals surface area (Å²) in [7, 11) is 5.84. The van der Waals surface area contributed by atoms with Gasteiger partial charge in [-0.2, -0.15) is 0 Å². The Hall–Kier alpha value is -2.59. The second kappa shape index (κ2) is 6.89. The first-order valence-electron chi connectivity index (χ1n) is 8.00. The van der Waals surface area contributed by atoms with Crippen molar-refractivity contribution in [1.82, 2.24) is 9.47 Å². The molecule has 0 aliphatic carbocycles. The molecule has 4 nitrogen and oxygen atoms in total. The topological polar surface area (TPSA) is 34.5 Å². The Morgan fingerprint density at radius 3 is 2.46 bits per heavy atom. The minimum atomic E-state index is 0.691. The number of benzene rings is 2. The van der Waals surface area contributed by atoms with E-state index in [-0.39, 0.29) is 0 Å². The first kappa shape index (κ1) is 16.3. The van der Waals surface area contributed by atoms with Crippen LogP contribution in [0.25, 0.3) is 22.2 Å². The molecule has 0 saturated carbocycles. The summed E-state index contributed by atoms with van der Waals surface area (Å²) in [5, 5.41) is 1.16. The normalized spacial score (nSPS) is 11.2. The van der Waals surface area contributed by atoms with Gasteiger partial charge in [-0.15, -0.1) is 0 Å². The Bertz CT molecular complexity index is 848. The average Bonchev–Trinajstić information content (AvgIpc) is 2.97. The highest BCUT2D eigenvalue weighted by Gasteiger charge is 2.12. The highest BCUT2D eigenvalue weighted by molar-refractivity contribution is 5.88. The zero-order valence-electron chi connectivity index (χ0n) is 14.3. The van der Waals surface area contributed by atoms with Crippen LogP contribution in [-0.4, -0.2) is 43.5 Å². The number of ether oxygens (including phenoxy) is 1. The largest absolute Gasteiger partial charge is 0.497 e. The van der Waals surface area contributed by atoms with Crippen LogP contribution < -0.4 is 4.74 Å². The molecular formula is C20H22N2O2. The lowest BCUT2D eigenvalue weighted by molar-refractivity contribution is 0.112.